The minimum atomic E-state index is 0.968. The molecule has 0 N–H and O–H groups in total. The van der Waals surface area contributed by atoms with Crippen LogP contribution >= 0.6 is 22.7 Å². The van der Waals surface area contributed by atoms with E-state index in [0.29, 0.717) is 0 Å². The molecule has 5 heteroatoms. The van der Waals surface area contributed by atoms with Crippen LogP contribution in [0.15, 0.2) is 127 Å². The molecule has 0 radical (unpaired) electrons. The molecule has 8 aromatic rings. The number of thiophene rings is 1. The smallest absolute Gasteiger partial charge is 0.125 e. The molecule has 0 saturated carbocycles. The van der Waals surface area contributed by atoms with Crippen molar-refractivity contribution in [1.29, 1.82) is 0 Å². The van der Waals surface area contributed by atoms with Gasteiger partial charge in [0.05, 0.1) is 26.9 Å². The average molecular weight is 536 g/mol. The van der Waals surface area contributed by atoms with E-state index in [4.69, 9.17) is 4.98 Å². The quantitative estimate of drug-likeness (QED) is 0.224. The van der Waals surface area contributed by atoms with Gasteiger partial charge in [-0.2, -0.15) is 0 Å². The van der Waals surface area contributed by atoms with Crippen molar-refractivity contribution in [3.63, 3.8) is 0 Å². The molecule has 0 spiro atoms. The molecule has 0 aliphatic rings. The first kappa shape index (κ1) is 22.4. The predicted octanol–water partition coefficient (Wildman–Crippen LogP) is 9.85. The van der Waals surface area contributed by atoms with E-state index in [0.717, 1.165) is 33.0 Å². The van der Waals surface area contributed by atoms with Gasteiger partial charge in [0.15, 0.2) is 0 Å². The summed E-state index contributed by atoms with van der Waals surface area (Å²) in [5.41, 5.74) is 8.96. The van der Waals surface area contributed by atoms with Gasteiger partial charge < -0.3 is 4.57 Å². The van der Waals surface area contributed by atoms with Crippen LogP contribution in [-0.2, 0) is 0 Å². The molecule has 39 heavy (non-hydrogen) atoms. The Morgan fingerprint density at radius 1 is 0.641 bits per heavy atom. The third-order valence-electron chi connectivity index (χ3n) is 7.19. The van der Waals surface area contributed by atoms with Gasteiger partial charge in [0, 0.05) is 44.2 Å². The Morgan fingerprint density at radius 2 is 1.54 bits per heavy atom. The fraction of sp³-hybridized carbons (Fsp3) is 0. The summed E-state index contributed by atoms with van der Waals surface area (Å²) in [6, 6.07) is 40.8. The van der Waals surface area contributed by atoms with Gasteiger partial charge in [0.1, 0.15) is 5.01 Å². The summed E-state index contributed by atoms with van der Waals surface area (Å²) in [5.74, 6) is 0. The molecule has 4 heterocycles. The van der Waals surface area contributed by atoms with Gasteiger partial charge >= 0.3 is 0 Å². The third-order valence-corrected chi connectivity index (χ3v) is 9.16. The number of hydrogen-bond acceptors (Lipinski definition) is 4. The van der Waals surface area contributed by atoms with Crippen LogP contribution in [-0.4, -0.2) is 14.5 Å². The summed E-state index contributed by atoms with van der Waals surface area (Å²) in [7, 11) is 0. The maximum Gasteiger partial charge on any atom is 0.125 e. The number of para-hydroxylation sites is 2. The van der Waals surface area contributed by atoms with Crippen molar-refractivity contribution >= 4 is 54.7 Å². The second-order valence-electron chi connectivity index (χ2n) is 9.50. The van der Waals surface area contributed by atoms with Crippen LogP contribution in [0.5, 0.6) is 0 Å². The van der Waals surface area contributed by atoms with Gasteiger partial charge in [0.2, 0.25) is 0 Å². The number of benzene rings is 4. The fourth-order valence-electron chi connectivity index (χ4n) is 5.43. The molecule has 0 atom stereocenters. The van der Waals surface area contributed by atoms with E-state index in [-0.39, 0.29) is 0 Å². The minimum Gasteiger partial charge on any atom is -0.309 e. The highest BCUT2D eigenvalue weighted by Gasteiger charge is 2.19. The molecule has 0 fully saturated rings. The Bertz CT molecular complexity index is 2090. The minimum absolute atomic E-state index is 0.968. The lowest BCUT2D eigenvalue weighted by Gasteiger charge is -2.12. The van der Waals surface area contributed by atoms with Crippen LogP contribution in [0.1, 0.15) is 0 Å². The zero-order valence-corrected chi connectivity index (χ0v) is 22.4. The third kappa shape index (κ3) is 3.70. The first-order valence-electron chi connectivity index (χ1n) is 12.8. The zero-order chi connectivity index (χ0) is 25.8. The number of hydrogen-bond donors (Lipinski definition) is 0. The Balaban J connectivity index is 1.45. The molecular formula is C34H21N3S2. The number of aromatic nitrogens is 3. The van der Waals surface area contributed by atoms with Crippen LogP contribution < -0.4 is 0 Å². The first-order valence-corrected chi connectivity index (χ1v) is 14.5. The summed E-state index contributed by atoms with van der Waals surface area (Å²) in [6.45, 7) is 0. The van der Waals surface area contributed by atoms with E-state index in [9.17, 15) is 0 Å². The largest absolute Gasteiger partial charge is 0.309 e. The Hall–Kier alpha value is -4.58. The second-order valence-corrected chi connectivity index (χ2v) is 11.5. The fourth-order valence-corrected chi connectivity index (χ4v) is 7.18. The Morgan fingerprint density at radius 3 is 2.41 bits per heavy atom. The second kappa shape index (κ2) is 9.02. The molecule has 3 nitrogen and oxygen atoms in total. The molecule has 4 aromatic carbocycles. The standard InChI is InChI=1S/C34H21N3S2/c1-3-14-30-24(11-1)25-20-26(32-16-8-18-38-32)27(34-36-29-13-2-4-15-33(29)39-34)21-31(25)37(30)23-10-7-9-22(19-23)28-12-5-6-17-35-28/h1-21H. The van der Waals surface area contributed by atoms with Gasteiger partial charge in [0.25, 0.3) is 0 Å². The zero-order valence-electron chi connectivity index (χ0n) is 20.8. The summed E-state index contributed by atoms with van der Waals surface area (Å²) in [5, 5.41) is 5.67. The van der Waals surface area contributed by atoms with E-state index in [1.165, 1.54) is 36.9 Å². The molecule has 184 valence electrons. The molecule has 8 rings (SSSR count). The molecule has 0 saturated heterocycles. The summed E-state index contributed by atoms with van der Waals surface area (Å²) in [6.07, 6.45) is 1.85. The molecule has 0 unspecified atom stereocenters. The molecule has 0 aliphatic carbocycles. The molecule has 0 bridgehead atoms. The normalized spacial score (nSPS) is 11.6. The average Bonchev–Trinajstić information content (AvgIpc) is 3.75. The lowest BCUT2D eigenvalue weighted by Crippen LogP contribution is -1.95. The molecular weight excluding hydrogens is 515 g/mol. The summed E-state index contributed by atoms with van der Waals surface area (Å²) in [4.78, 5) is 10.9. The Labute approximate surface area is 233 Å². The van der Waals surface area contributed by atoms with Crippen molar-refractivity contribution in [2.75, 3.05) is 0 Å². The maximum absolute atomic E-state index is 5.08. The Kier molecular flexibility index (Phi) is 5.18. The van der Waals surface area contributed by atoms with Gasteiger partial charge in [-0.1, -0.05) is 54.6 Å². The van der Waals surface area contributed by atoms with E-state index in [1.54, 1.807) is 22.7 Å². The monoisotopic (exact) mass is 535 g/mol. The van der Waals surface area contributed by atoms with Crippen molar-refractivity contribution in [3.05, 3.63) is 127 Å². The van der Waals surface area contributed by atoms with E-state index in [2.05, 4.69) is 118 Å². The molecule has 0 amide bonds. The van der Waals surface area contributed by atoms with Crippen molar-refractivity contribution < 1.29 is 0 Å². The van der Waals surface area contributed by atoms with Gasteiger partial charge in [-0.25, -0.2) is 4.98 Å². The molecule has 4 aromatic heterocycles. The van der Waals surface area contributed by atoms with Gasteiger partial charge in [-0.3, -0.25) is 4.98 Å². The summed E-state index contributed by atoms with van der Waals surface area (Å²) >= 11 is 3.53. The van der Waals surface area contributed by atoms with E-state index in [1.807, 2.05) is 18.3 Å². The van der Waals surface area contributed by atoms with Crippen molar-refractivity contribution in [2.45, 2.75) is 0 Å². The van der Waals surface area contributed by atoms with Crippen LogP contribution in [0.3, 0.4) is 0 Å². The van der Waals surface area contributed by atoms with Crippen molar-refractivity contribution in [2.24, 2.45) is 0 Å². The van der Waals surface area contributed by atoms with Gasteiger partial charge in [-0.05, 0) is 66.0 Å². The number of rotatable bonds is 4. The van der Waals surface area contributed by atoms with Crippen molar-refractivity contribution in [1.82, 2.24) is 14.5 Å². The number of fused-ring (bicyclic) bond motifs is 4. The number of nitrogens with zero attached hydrogens (tertiary/aromatic N) is 3. The first-order chi connectivity index (χ1) is 19.3. The lowest BCUT2D eigenvalue weighted by atomic mass is 10.0. The van der Waals surface area contributed by atoms with Crippen LogP contribution in [0.2, 0.25) is 0 Å². The SMILES string of the molecule is c1ccc(-c2cccc(-n3c4ccccc4c4cc(-c5cccs5)c(-c5nc6ccccc6s5)cc43)c2)nc1. The lowest BCUT2D eigenvalue weighted by molar-refractivity contribution is 1.18. The van der Waals surface area contributed by atoms with E-state index < -0.39 is 0 Å². The topological polar surface area (TPSA) is 30.7 Å². The summed E-state index contributed by atoms with van der Waals surface area (Å²) < 4.78 is 3.58. The highest BCUT2D eigenvalue weighted by molar-refractivity contribution is 7.21. The molecule has 0 aliphatic heterocycles. The van der Waals surface area contributed by atoms with Crippen LogP contribution in [0.4, 0.5) is 0 Å². The van der Waals surface area contributed by atoms with E-state index >= 15 is 0 Å². The predicted molar refractivity (Wildman–Crippen MR) is 166 cm³/mol. The highest BCUT2D eigenvalue weighted by Crippen LogP contribution is 2.43. The van der Waals surface area contributed by atoms with Crippen LogP contribution in [0, 0.1) is 0 Å². The van der Waals surface area contributed by atoms with Crippen LogP contribution in [0.25, 0.3) is 70.0 Å². The van der Waals surface area contributed by atoms with Crippen molar-refractivity contribution in [3.8, 4) is 38.0 Å². The number of pyridine rings is 1. The highest BCUT2D eigenvalue weighted by atomic mass is 32.1. The maximum atomic E-state index is 5.08. The van der Waals surface area contributed by atoms with Gasteiger partial charge in [-0.15, -0.1) is 22.7 Å². The number of thiazole rings is 1.